The molecule has 0 atom stereocenters. The van der Waals surface area contributed by atoms with E-state index in [2.05, 4.69) is 0 Å². The van der Waals surface area contributed by atoms with Gasteiger partial charge in [0.1, 0.15) is 6.07 Å². The van der Waals surface area contributed by atoms with Crippen molar-refractivity contribution in [2.45, 2.75) is 27.7 Å². The molecule has 0 saturated carbocycles. The van der Waals surface area contributed by atoms with Crippen molar-refractivity contribution in [2.75, 3.05) is 24.7 Å². The van der Waals surface area contributed by atoms with Crippen LogP contribution in [0.15, 0.2) is 33.9 Å². The van der Waals surface area contributed by atoms with Gasteiger partial charge in [0.15, 0.2) is 5.31 Å². The van der Waals surface area contributed by atoms with Crippen LogP contribution in [0.3, 0.4) is 0 Å². The maximum absolute atomic E-state index is 12.9. The molecule has 0 rings (SSSR count). The van der Waals surface area contributed by atoms with Crippen molar-refractivity contribution in [3.05, 3.63) is 33.9 Å². The van der Waals surface area contributed by atoms with Gasteiger partial charge in [-0.2, -0.15) is 5.26 Å². The molecular weight excluding hydrogens is 337 g/mol. The number of hydrogen-bond acceptors (Lipinski definition) is 6. The Morgan fingerprint density at radius 2 is 1.55 bits per heavy atom. The van der Waals surface area contributed by atoms with E-state index in [0.29, 0.717) is 15.7 Å². The van der Waals surface area contributed by atoms with Gasteiger partial charge in [-0.25, -0.2) is 0 Å². The number of nitrogens with zero attached hydrogens (tertiary/aromatic N) is 1. The largest absolute Gasteiger partial charge is 0.373 e. The van der Waals surface area contributed by atoms with Gasteiger partial charge in [-0.05, 0) is 27.7 Å². The number of nitriles is 1. The normalized spacial score (nSPS) is 12.0. The van der Waals surface area contributed by atoms with E-state index in [9.17, 15) is 9.83 Å². The molecule has 0 aliphatic heterocycles. The van der Waals surface area contributed by atoms with Crippen LogP contribution in [0, 0.1) is 11.3 Å². The first-order chi connectivity index (χ1) is 10.6. The van der Waals surface area contributed by atoms with Crippen LogP contribution in [0.4, 0.5) is 0 Å². The molecule has 0 aliphatic rings. The van der Waals surface area contributed by atoms with E-state index in [1.807, 2.05) is 44.2 Å². The lowest BCUT2D eigenvalue weighted by atomic mass is 10.6. The third-order valence-corrected chi connectivity index (χ3v) is 6.99. The molecule has 0 unspecified atom stereocenters. The molecule has 4 nitrogen and oxygen atoms in total. The second kappa shape index (κ2) is 13.0. The van der Waals surface area contributed by atoms with Crippen molar-refractivity contribution >= 4 is 31.1 Å². The Balaban J connectivity index is 5.59. The standard InChI is InChI=1S/C15H24NO3PS2/c1-5-9-11-21-15(22-12-10-6-2)14(13-16)20(17,18-7-3)19-8-4/h5-6,9-10H,7-8,11-12H2,1-4H3. The molecular formula is C15H24NO3PS2. The molecule has 0 amide bonds. The summed E-state index contributed by atoms with van der Waals surface area (Å²) in [4.78, 5) is 0. The van der Waals surface area contributed by atoms with Crippen molar-refractivity contribution in [1.82, 2.24) is 0 Å². The maximum Gasteiger partial charge on any atom is 0.373 e. The zero-order valence-corrected chi connectivity index (χ0v) is 16.1. The van der Waals surface area contributed by atoms with Gasteiger partial charge >= 0.3 is 7.60 Å². The van der Waals surface area contributed by atoms with Gasteiger partial charge in [0.25, 0.3) is 0 Å². The fraction of sp³-hybridized carbons (Fsp3) is 0.533. The Hall–Kier alpha value is -0.440. The Kier molecular flexibility index (Phi) is 12.8. The Morgan fingerprint density at radius 3 is 1.86 bits per heavy atom. The summed E-state index contributed by atoms with van der Waals surface area (Å²) in [6, 6.07) is 2.04. The smallest absolute Gasteiger partial charge is 0.305 e. The SMILES string of the molecule is CC=CCSC(SCC=CC)=C(C#N)P(=O)(OCC)OCC. The fourth-order valence-electron chi connectivity index (χ4n) is 1.34. The van der Waals surface area contributed by atoms with E-state index >= 15 is 0 Å². The first-order valence-electron chi connectivity index (χ1n) is 7.11. The summed E-state index contributed by atoms with van der Waals surface area (Å²) >= 11 is 2.95. The van der Waals surface area contributed by atoms with Crippen LogP contribution in [-0.2, 0) is 13.6 Å². The van der Waals surface area contributed by atoms with Crippen LogP contribution in [0.5, 0.6) is 0 Å². The molecule has 0 aromatic rings. The number of allylic oxidation sites excluding steroid dienone is 3. The zero-order valence-electron chi connectivity index (χ0n) is 13.6. The monoisotopic (exact) mass is 361 g/mol. The van der Waals surface area contributed by atoms with Crippen LogP contribution in [0.1, 0.15) is 27.7 Å². The third kappa shape index (κ3) is 7.71. The minimum absolute atomic E-state index is 0.111. The van der Waals surface area contributed by atoms with Crippen LogP contribution < -0.4 is 0 Å². The van der Waals surface area contributed by atoms with Crippen LogP contribution >= 0.6 is 31.1 Å². The summed E-state index contributed by atoms with van der Waals surface area (Å²) in [6.07, 6.45) is 7.86. The van der Waals surface area contributed by atoms with Gasteiger partial charge in [0.2, 0.25) is 0 Å². The molecule has 0 heterocycles. The lowest BCUT2D eigenvalue weighted by Crippen LogP contribution is -1.99. The predicted molar refractivity (Wildman–Crippen MR) is 98.0 cm³/mol. The lowest BCUT2D eigenvalue weighted by Gasteiger charge is -2.18. The van der Waals surface area contributed by atoms with E-state index in [4.69, 9.17) is 9.05 Å². The van der Waals surface area contributed by atoms with Crippen molar-refractivity contribution in [2.24, 2.45) is 0 Å². The third-order valence-electron chi connectivity index (χ3n) is 2.26. The molecule has 0 aromatic heterocycles. The summed E-state index contributed by atoms with van der Waals surface area (Å²) < 4.78 is 24.2. The average Bonchev–Trinajstić information content (AvgIpc) is 2.48. The molecule has 0 aromatic carbocycles. The van der Waals surface area contributed by atoms with Gasteiger partial charge in [-0.1, -0.05) is 24.3 Å². The highest BCUT2D eigenvalue weighted by atomic mass is 32.2. The summed E-state index contributed by atoms with van der Waals surface area (Å²) in [6.45, 7) is 7.81. The molecule has 0 bridgehead atoms. The van der Waals surface area contributed by atoms with Gasteiger partial charge in [-0.15, -0.1) is 23.5 Å². The lowest BCUT2D eigenvalue weighted by molar-refractivity contribution is 0.227. The quantitative estimate of drug-likeness (QED) is 0.273. The highest BCUT2D eigenvalue weighted by molar-refractivity contribution is 8.22. The first kappa shape index (κ1) is 21.6. The minimum atomic E-state index is -3.55. The molecule has 0 fully saturated rings. The van der Waals surface area contributed by atoms with Crippen molar-refractivity contribution in [3.63, 3.8) is 0 Å². The molecule has 0 aliphatic carbocycles. The number of thioether (sulfide) groups is 2. The Labute approximate surface area is 142 Å². The van der Waals surface area contributed by atoms with Crippen LogP contribution in [0.2, 0.25) is 0 Å². The predicted octanol–water partition coefficient (Wildman–Crippen LogP) is 5.56. The fourth-order valence-corrected chi connectivity index (χ4v) is 5.75. The molecule has 22 heavy (non-hydrogen) atoms. The Bertz CT molecular complexity index is 468. The highest BCUT2D eigenvalue weighted by Gasteiger charge is 2.33. The van der Waals surface area contributed by atoms with Gasteiger partial charge < -0.3 is 9.05 Å². The van der Waals surface area contributed by atoms with E-state index < -0.39 is 7.60 Å². The molecule has 124 valence electrons. The molecule has 0 N–H and O–H groups in total. The van der Waals surface area contributed by atoms with Crippen molar-refractivity contribution in [3.8, 4) is 6.07 Å². The van der Waals surface area contributed by atoms with Crippen LogP contribution in [-0.4, -0.2) is 24.7 Å². The average molecular weight is 361 g/mol. The van der Waals surface area contributed by atoms with E-state index in [-0.39, 0.29) is 18.5 Å². The van der Waals surface area contributed by atoms with Crippen molar-refractivity contribution < 1.29 is 13.6 Å². The number of hydrogen-bond donors (Lipinski definition) is 0. The Morgan fingerprint density at radius 1 is 1.09 bits per heavy atom. The molecule has 7 heteroatoms. The second-order valence-electron chi connectivity index (χ2n) is 3.84. The molecule has 0 radical (unpaired) electrons. The summed E-state index contributed by atoms with van der Waals surface area (Å²) in [5, 5.41) is 9.61. The summed E-state index contributed by atoms with van der Waals surface area (Å²) in [5.41, 5.74) is 0. The summed E-state index contributed by atoms with van der Waals surface area (Å²) in [5.74, 6) is 1.41. The second-order valence-corrected chi connectivity index (χ2v) is 8.12. The maximum atomic E-state index is 12.9. The topological polar surface area (TPSA) is 59.3 Å². The molecule has 0 saturated heterocycles. The van der Waals surface area contributed by atoms with Gasteiger partial charge in [0, 0.05) is 11.5 Å². The van der Waals surface area contributed by atoms with Crippen LogP contribution in [0.25, 0.3) is 0 Å². The van der Waals surface area contributed by atoms with E-state index in [1.54, 1.807) is 13.8 Å². The number of rotatable bonds is 11. The van der Waals surface area contributed by atoms with Crippen molar-refractivity contribution in [1.29, 1.82) is 5.26 Å². The zero-order chi connectivity index (χ0) is 16.8. The van der Waals surface area contributed by atoms with Gasteiger partial charge in [-0.3, -0.25) is 4.57 Å². The summed E-state index contributed by atoms with van der Waals surface area (Å²) in [7, 11) is -3.55. The first-order valence-corrected chi connectivity index (χ1v) is 10.6. The minimum Gasteiger partial charge on any atom is -0.305 e. The molecule has 0 spiro atoms. The van der Waals surface area contributed by atoms with E-state index in [0.717, 1.165) is 0 Å². The van der Waals surface area contributed by atoms with E-state index in [1.165, 1.54) is 23.5 Å². The van der Waals surface area contributed by atoms with Gasteiger partial charge in [0.05, 0.1) is 17.5 Å². The highest BCUT2D eigenvalue weighted by Crippen LogP contribution is 2.59.